The largest absolute Gasteiger partial charge is 0.513 e. The highest BCUT2D eigenvalue weighted by Gasteiger charge is 2.59. The molecule has 1 unspecified atom stereocenters. The van der Waals surface area contributed by atoms with Gasteiger partial charge in [-0.2, -0.15) is 0 Å². The van der Waals surface area contributed by atoms with E-state index in [-0.39, 0.29) is 0 Å². The van der Waals surface area contributed by atoms with Crippen molar-refractivity contribution in [3.63, 3.8) is 0 Å². The summed E-state index contributed by atoms with van der Waals surface area (Å²) in [7, 11) is 4.02. The van der Waals surface area contributed by atoms with Crippen molar-refractivity contribution < 1.29 is 5.11 Å². The summed E-state index contributed by atoms with van der Waals surface area (Å²) >= 11 is 0. The van der Waals surface area contributed by atoms with E-state index in [4.69, 9.17) is 0 Å². The lowest BCUT2D eigenvalue weighted by molar-refractivity contribution is -0.0500. The Morgan fingerprint density at radius 3 is 2.56 bits per heavy atom. The van der Waals surface area contributed by atoms with Crippen LogP contribution in [0.15, 0.2) is 24.0 Å². The number of hydrogen-bond donors (Lipinski definition) is 1. The molecule has 9 atom stereocenters. The lowest BCUT2D eigenvalue weighted by atomic mass is 9.47. The quantitative estimate of drug-likeness (QED) is 0.124. The van der Waals surface area contributed by atoms with Crippen molar-refractivity contribution in [2.45, 2.75) is 124 Å². The third-order valence-corrected chi connectivity index (χ3v) is 14.9. The first kappa shape index (κ1) is 29.0. The molecule has 0 aliphatic heterocycles. The minimum atomic E-state index is 0.328. The van der Waals surface area contributed by atoms with Gasteiger partial charge < -0.3 is 5.11 Å². The maximum absolute atomic E-state index is 9.37. The van der Waals surface area contributed by atoms with E-state index < -0.39 is 0 Å². The zero-order chi connectivity index (χ0) is 26.1. The molecule has 1 N–H and O–H groups in total. The topological polar surface area (TPSA) is 20.2 Å². The maximum atomic E-state index is 9.37. The second kappa shape index (κ2) is 12.0. The number of aliphatic hydroxyl groups is 1. The van der Waals surface area contributed by atoms with E-state index in [2.05, 4.69) is 65.0 Å². The fraction of sp³-hybridized carbons (Fsp3) is 0.879. The van der Waals surface area contributed by atoms with Gasteiger partial charge in [0.05, 0.1) is 5.76 Å². The van der Waals surface area contributed by atoms with Crippen molar-refractivity contribution in [3.8, 4) is 0 Å². The molecule has 0 heterocycles. The summed E-state index contributed by atoms with van der Waals surface area (Å²) in [6, 6.07) is 0. The molecule has 0 aromatic heterocycles. The van der Waals surface area contributed by atoms with Crippen molar-refractivity contribution in [1.82, 2.24) is 0 Å². The second-order valence-electron chi connectivity index (χ2n) is 14.1. The molecule has 206 valence electrons. The van der Waals surface area contributed by atoms with Gasteiger partial charge >= 0.3 is 0 Å². The molecule has 0 radical (unpaired) electrons. The average molecular weight is 533 g/mol. The maximum Gasteiger partial charge on any atom is 0.0859 e. The SMILES string of the molecule is C=C(O)CCSS[C@H]1CC[C@@]2(C)C(=CC[C@@H]3C2CC[C@]2(C)[C@@H]([C@H](C)CC[C@@H](CC)C(C)C)CC[C@@H]32)C1. The van der Waals surface area contributed by atoms with Crippen LogP contribution in [-0.2, 0) is 0 Å². The summed E-state index contributed by atoms with van der Waals surface area (Å²) in [5, 5.41) is 10.1. The molecule has 4 aliphatic rings. The number of fused-ring (bicyclic) bond motifs is 5. The Balaban J connectivity index is 1.38. The Labute approximate surface area is 231 Å². The molecule has 0 saturated heterocycles. The van der Waals surface area contributed by atoms with Gasteiger partial charge in [0.1, 0.15) is 0 Å². The molecule has 0 aromatic rings. The smallest absolute Gasteiger partial charge is 0.0859 e. The van der Waals surface area contributed by atoms with E-state index in [0.717, 1.165) is 58.8 Å². The second-order valence-corrected chi connectivity index (χ2v) is 16.8. The molecule has 0 spiro atoms. The van der Waals surface area contributed by atoms with Crippen LogP contribution < -0.4 is 0 Å². The van der Waals surface area contributed by atoms with E-state index in [9.17, 15) is 5.11 Å². The first-order valence-electron chi connectivity index (χ1n) is 15.4. The van der Waals surface area contributed by atoms with Gasteiger partial charge in [-0.3, -0.25) is 0 Å². The van der Waals surface area contributed by atoms with Crippen LogP contribution in [0.5, 0.6) is 0 Å². The molecular formula is C33H56OS2. The third kappa shape index (κ3) is 5.78. The molecular weight excluding hydrogens is 476 g/mol. The molecule has 0 amide bonds. The monoisotopic (exact) mass is 532 g/mol. The Morgan fingerprint density at radius 1 is 1.08 bits per heavy atom. The van der Waals surface area contributed by atoms with Crippen LogP contribution in [0, 0.1) is 52.3 Å². The zero-order valence-electron chi connectivity index (χ0n) is 24.4. The van der Waals surface area contributed by atoms with Gasteiger partial charge in [0.15, 0.2) is 0 Å². The molecule has 3 saturated carbocycles. The molecule has 3 heteroatoms. The Kier molecular flexibility index (Phi) is 9.67. The number of hydrogen-bond acceptors (Lipinski definition) is 3. The highest BCUT2D eigenvalue weighted by Crippen LogP contribution is 2.67. The van der Waals surface area contributed by atoms with E-state index >= 15 is 0 Å². The van der Waals surface area contributed by atoms with Gasteiger partial charge in [-0.1, -0.05) is 94.2 Å². The zero-order valence-corrected chi connectivity index (χ0v) is 26.0. The van der Waals surface area contributed by atoms with Crippen LogP contribution in [0.3, 0.4) is 0 Å². The minimum absolute atomic E-state index is 0.328. The molecule has 36 heavy (non-hydrogen) atoms. The Bertz CT molecular complexity index is 789. The molecule has 4 aliphatic carbocycles. The predicted octanol–water partition coefficient (Wildman–Crippen LogP) is 10.9. The highest BCUT2D eigenvalue weighted by molar-refractivity contribution is 8.76. The predicted molar refractivity (Wildman–Crippen MR) is 162 cm³/mol. The van der Waals surface area contributed by atoms with Gasteiger partial charge in [0.25, 0.3) is 0 Å². The Hall–Kier alpha value is -0.0200. The van der Waals surface area contributed by atoms with Gasteiger partial charge in [0, 0.05) is 17.4 Å². The first-order valence-corrected chi connectivity index (χ1v) is 17.8. The number of rotatable bonds is 11. The van der Waals surface area contributed by atoms with E-state index in [0.29, 0.717) is 16.6 Å². The van der Waals surface area contributed by atoms with Crippen molar-refractivity contribution in [2.75, 3.05) is 5.75 Å². The van der Waals surface area contributed by atoms with Crippen LogP contribution in [-0.4, -0.2) is 16.1 Å². The average Bonchev–Trinajstić information content (AvgIpc) is 3.19. The van der Waals surface area contributed by atoms with Crippen molar-refractivity contribution in [1.29, 1.82) is 0 Å². The summed E-state index contributed by atoms with van der Waals surface area (Å²) in [4.78, 5) is 0. The van der Waals surface area contributed by atoms with Gasteiger partial charge in [-0.05, 0) is 110 Å². The minimum Gasteiger partial charge on any atom is -0.513 e. The van der Waals surface area contributed by atoms with Crippen molar-refractivity contribution >= 4 is 21.6 Å². The first-order chi connectivity index (χ1) is 17.1. The molecule has 1 nitrogen and oxygen atoms in total. The van der Waals surface area contributed by atoms with Crippen molar-refractivity contribution in [2.24, 2.45) is 52.3 Å². The summed E-state index contributed by atoms with van der Waals surface area (Å²) in [6.45, 7) is 18.9. The highest BCUT2D eigenvalue weighted by atomic mass is 33.1. The van der Waals surface area contributed by atoms with Crippen molar-refractivity contribution in [3.05, 3.63) is 24.0 Å². The fourth-order valence-electron chi connectivity index (χ4n) is 9.68. The fourth-order valence-corrected chi connectivity index (χ4v) is 12.4. The standard InChI is InChI=1S/C33H56OS2/c1-8-25(22(2)3)10-9-23(4)29-13-14-30-28-12-11-26-21-27(36-35-20-17-24(5)34)15-18-32(26,6)31(28)16-19-33(29,30)7/h11,22-23,25,27-31,34H,5,8-10,12-21H2,1-4,6-7H3/t23-,25-,27+,28+,29-,30+,31?,32+,33-/m1/s1. The lowest BCUT2D eigenvalue weighted by Crippen LogP contribution is -2.50. The van der Waals surface area contributed by atoms with E-state index in [1.165, 1.54) is 70.6 Å². The normalized spacial score (nSPS) is 39.6. The summed E-state index contributed by atoms with van der Waals surface area (Å²) < 4.78 is 0. The van der Waals surface area contributed by atoms with Gasteiger partial charge in [-0.15, -0.1) is 0 Å². The van der Waals surface area contributed by atoms with Gasteiger partial charge in [0.2, 0.25) is 0 Å². The Morgan fingerprint density at radius 2 is 1.86 bits per heavy atom. The molecule has 0 aromatic carbocycles. The molecule has 0 bridgehead atoms. The van der Waals surface area contributed by atoms with Crippen LogP contribution in [0.4, 0.5) is 0 Å². The van der Waals surface area contributed by atoms with Crippen LogP contribution in [0.25, 0.3) is 0 Å². The molecule has 3 fully saturated rings. The summed E-state index contributed by atoms with van der Waals surface area (Å²) in [5.41, 5.74) is 2.86. The third-order valence-electron chi connectivity index (χ3n) is 12.0. The van der Waals surface area contributed by atoms with Crippen LogP contribution in [0.2, 0.25) is 0 Å². The van der Waals surface area contributed by atoms with Crippen LogP contribution >= 0.6 is 21.6 Å². The lowest BCUT2D eigenvalue weighted by Gasteiger charge is -2.58. The van der Waals surface area contributed by atoms with Crippen LogP contribution in [0.1, 0.15) is 119 Å². The van der Waals surface area contributed by atoms with E-state index in [1.54, 1.807) is 0 Å². The molecule has 4 rings (SSSR count). The number of allylic oxidation sites excluding steroid dienone is 3. The number of aliphatic hydroxyl groups excluding tert-OH is 1. The summed E-state index contributed by atoms with van der Waals surface area (Å²) in [6.07, 6.45) is 19.1. The van der Waals surface area contributed by atoms with E-state index in [1.807, 2.05) is 16.4 Å². The van der Waals surface area contributed by atoms with Gasteiger partial charge in [-0.25, -0.2) is 0 Å². The summed E-state index contributed by atoms with van der Waals surface area (Å²) in [5.74, 6) is 7.71.